The Morgan fingerprint density at radius 3 is 2.64 bits per heavy atom. The van der Waals surface area contributed by atoms with Crippen LogP contribution in [-0.4, -0.2) is 60.9 Å². The lowest BCUT2D eigenvalue weighted by molar-refractivity contribution is -0.114. The molecule has 2 heterocycles. The number of benzene rings is 1. The van der Waals surface area contributed by atoms with Crippen LogP contribution in [0.3, 0.4) is 0 Å². The Bertz CT molecular complexity index is 840. The summed E-state index contributed by atoms with van der Waals surface area (Å²) in [6.07, 6.45) is 2.91. The molecule has 1 saturated heterocycles. The van der Waals surface area contributed by atoms with E-state index < -0.39 is 0 Å². The summed E-state index contributed by atoms with van der Waals surface area (Å²) in [5, 5.41) is 14.2. The van der Waals surface area contributed by atoms with E-state index >= 15 is 0 Å². The molecule has 1 aromatic rings. The van der Waals surface area contributed by atoms with E-state index in [0.29, 0.717) is 27.6 Å². The van der Waals surface area contributed by atoms with Crippen LogP contribution >= 0.6 is 27.5 Å². The van der Waals surface area contributed by atoms with Crippen LogP contribution in [0.4, 0.5) is 0 Å². The Balaban J connectivity index is 1.77. The molecule has 0 atom stereocenters. The Morgan fingerprint density at radius 1 is 1.32 bits per heavy atom. The van der Waals surface area contributed by atoms with Gasteiger partial charge in [-0.25, -0.2) is 4.99 Å². The van der Waals surface area contributed by atoms with Gasteiger partial charge in [-0.1, -0.05) is 23.7 Å². The van der Waals surface area contributed by atoms with Crippen molar-refractivity contribution in [2.75, 3.05) is 33.2 Å². The summed E-state index contributed by atoms with van der Waals surface area (Å²) in [6, 6.07) is 7.32. The fourth-order valence-electron chi connectivity index (χ4n) is 2.86. The number of hydrogen-bond donors (Lipinski definition) is 3. The van der Waals surface area contributed by atoms with Crippen molar-refractivity contribution in [1.29, 1.82) is 5.41 Å². The van der Waals surface area contributed by atoms with E-state index in [-0.39, 0.29) is 5.91 Å². The van der Waals surface area contributed by atoms with Crippen molar-refractivity contribution in [1.82, 2.24) is 20.4 Å². The monoisotopic (exact) mass is 464 g/mol. The maximum absolute atomic E-state index is 12.7. The van der Waals surface area contributed by atoms with Gasteiger partial charge in [0.05, 0.1) is 4.48 Å². The fourth-order valence-corrected chi connectivity index (χ4v) is 3.17. The number of carbonyl (C=O) groups is 1. The van der Waals surface area contributed by atoms with Crippen LogP contribution in [-0.2, 0) is 11.3 Å². The second-order valence-electron chi connectivity index (χ2n) is 6.59. The van der Waals surface area contributed by atoms with Gasteiger partial charge in [-0.2, -0.15) is 0 Å². The summed E-state index contributed by atoms with van der Waals surface area (Å²) in [5.74, 6) is 0.988. The average Bonchev–Trinajstić information content (AvgIpc) is 2.72. The Labute approximate surface area is 177 Å². The molecule has 2 aliphatic rings. The standard InChI is InChI=1S/C19H22BrClN6O/c1-26-6-8-27(9-7-26)17-10-16(24-18(25-17)15(20)11-22)19(28)23-12-13-2-4-14(21)5-3-13/h2-5,10-11,22,25H,6-9,12H2,1H3,(H,23,28)/b18-15+,22-11?. The molecule has 2 aliphatic heterocycles. The van der Waals surface area contributed by atoms with Crippen LogP contribution in [0.25, 0.3) is 0 Å². The normalized spacial score (nSPS) is 19.3. The molecule has 7 nitrogen and oxygen atoms in total. The third-order valence-corrected chi connectivity index (χ3v) is 5.40. The molecule has 3 N–H and O–H groups in total. The minimum absolute atomic E-state index is 0.272. The quantitative estimate of drug-likeness (QED) is 0.583. The van der Waals surface area contributed by atoms with Crippen LogP contribution in [0.5, 0.6) is 0 Å². The van der Waals surface area contributed by atoms with Crippen molar-refractivity contribution in [3.8, 4) is 0 Å². The summed E-state index contributed by atoms with van der Waals surface area (Å²) < 4.78 is 0.482. The molecule has 1 aromatic carbocycles. The van der Waals surface area contributed by atoms with E-state index in [4.69, 9.17) is 17.0 Å². The molecule has 28 heavy (non-hydrogen) atoms. The first-order valence-corrected chi connectivity index (χ1v) is 10.1. The highest BCUT2D eigenvalue weighted by Crippen LogP contribution is 2.18. The maximum Gasteiger partial charge on any atom is 0.270 e. The lowest BCUT2D eigenvalue weighted by Crippen LogP contribution is -2.47. The minimum Gasteiger partial charge on any atom is -0.356 e. The van der Waals surface area contributed by atoms with Gasteiger partial charge in [0.2, 0.25) is 0 Å². The van der Waals surface area contributed by atoms with E-state index in [2.05, 4.69) is 48.4 Å². The summed E-state index contributed by atoms with van der Waals surface area (Å²) >= 11 is 9.23. The number of nitrogens with one attached hydrogen (secondary N) is 3. The van der Waals surface area contributed by atoms with E-state index in [1.54, 1.807) is 18.2 Å². The molecule has 0 bridgehead atoms. The second kappa shape index (κ2) is 9.36. The van der Waals surface area contributed by atoms with Crippen molar-refractivity contribution in [3.63, 3.8) is 0 Å². The van der Waals surface area contributed by atoms with Crippen molar-refractivity contribution in [3.05, 3.63) is 57.1 Å². The van der Waals surface area contributed by atoms with Gasteiger partial charge in [0.15, 0.2) is 0 Å². The molecule has 1 fully saturated rings. The molecule has 1 amide bonds. The number of likely N-dealkylation sites (N-methyl/N-ethyl adjacent to an activating group) is 1. The number of hydrogen-bond acceptors (Lipinski definition) is 6. The number of carbonyl (C=O) groups excluding carboxylic acids is 1. The van der Waals surface area contributed by atoms with Crippen LogP contribution < -0.4 is 10.6 Å². The maximum atomic E-state index is 12.7. The zero-order valence-corrected chi connectivity index (χ0v) is 17.8. The van der Waals surface area contributed by atoms with E-state index in [1.807, 2.05) is 12.1 Å². The van der Waals surface area contributed by atoms with Crippen molar-refractivity contribution in [2.45, 2.75) is 6.54 Å². The molecule has 0 spiro atoms. The molecular formula is C19H22BrClN6O. The fraction of sp³-hybridized carbons (Fsp3) is 0.316. The topological polar surface area (TPSA) is 83.8 Å². The number of aliphatic imine (C=N–C) groups is 1. The molecule has 0 unspecified atom stereocenters. The lowest BCUT2D eigenvalue weighted by Gasteiger charge is -2.36. The van der Waals surface area contributed by atoms with Gasteiger partial charge >= 0.3 is 0 Å². The van der Waals surface area contributed by atoms with Gasteiger partial charge in [-0.15, -0.1) is 0 Å². The third-order valence-electron chi connectivity index (χ3n) is 4.55. The molecule has 148 valence electrons. The highest BCUT2D eigenvalue weighted by atomic mass is 79.9. The molecular weight excluding hydrogens is 444 g/mol. The Hall–Kier alpha value is -2.16. The van der Waals surface area contributed by atoms with Crippen molar-refractivity contribution in [2.24, 2.45) is 4.99 Å². The predicted octanol–water partition coefficient (Wildman–Crippen LogP) is 2.30. The smallest absolute Gasteiger partial charge is 0.270 e. The first kappa shape index (κ1) is 20.6. The highest BCUT2D eigenvalue weighted by molar-refractivity contribution is 9.12. The zero-order chi connectivity index (χ0) is 20.1. The third kappa shape index (κ3) is 5.21. The second-order valence-corrected chi connectivity index (χ2v) is 7.88. The van der Waals surface area contributed by atoms with Gasteiger partial charge in [0, 0.05) is 50.0 Å². The predicted molar refractivity (Wildman–Crippen MR) is 116 cm³/mol. The van der Waals surface area contributed by atoms with Crippen molar-refractivity contribution < 1.29 is 4.79 Å². The first-order chi connectivity index (χ1) is 13.5. The molecule has 3 rings (SSSR count). The number of nitrogens with zero attached hydrogens (tertiary/aromatic N) is 3. The van der Waals surface area contributed by atoms with Crippen molar-refractivity contribution >= 4 is 45.4 Å². The van der Waals surface area contributed by atoms with Crippen LogP contribution in [0.15, 0.2) is 51.5 Å². The van der Waals surface area contributed by atoms with Crippen LogP contribution in [0.2, 0.25) is 5.02 Å². The summed E-state index contributed by atoms with van der Waals surface area (Å²) in [5.41, 5.74) is 1.25. The van der Waals surface area contributed by atoms with Gasteiger partial charge < -0.3 is 25.8 Å². The molecule has 0 radical (unpaired) electrons. The summed E-state index contributed by atoms with van der Waals surface area (Å²) in [6.45, 7) is 3.97. The molecule has 0 aliphatic carbocycles. The van der Waals surface area contributed by atoms with Crippen LogP contribution in [0.1, 0.15) is 5.56 Å². The molecule has 0 aromatic heterocycles. The van der Waals surface area contributed by atoms with E-state index in [9.17, 15) is 4.79 Å². The number of rotatable bonds is 5. The molecule has 9 heteroatoms. The first-order valence-electron chi connectivity index (χ1n) is 8.90. The average molecular weight is 466 g/mol. The number of piperazine rings is 1. The highest BCUT2D eigenvalue weighted by Gasteiger charge is 2.23. The number of allylic oxidation sites excluding steroid dienone is 1. The van der Waals surface area contributed by atoms with Gasteiger partial charge in [-0.3, -0.25) is 4.79 Å². The van der Waals surface area contributed by atoms with Gasteiger partial charge in [0.25, 0.3) is 5.91 Å². The largest absolute Gasteiger partial charge is 0.356 e. The molecule has 0 saturated carbocycles. The number of amides is 1. The lowest BCUT2D eigenvalue weighted by atomic mass is 10.2. The summed E-state index contributed by atoms with van der Waals surface area (Å²) in [7, 11) is 2.09. The van der Waals surface area contributed by atoms with Crippen LogP contribution in [0, 0.1) is 5.41 Å². The number of halogens is 2. The minimum atomic E-state index is -0.272. The van der Waals surface area contributed by atoms with E-state index in [0.717, 1.165) is 43.8 Å². The van der Waals surface area contributed by atoms with Gasteiger partial charge in [0.1, 0.15) is 17.4 Å². The SMILES string of the molecule is CN1CCN(C2=CC(C(=O)NCc3ccc(Cl)cc3)=N/C(=C(\Br)C=N)N2)CC1. The summed E-state index contributed by atoms with van der Waals surface area (Å²) in [4.78, 5) is 21.5. The van der Waals surface area contributed by atoms with E-state index in [1.165, 1.54) is 0 Å². The van der Waals surface area contributed by atoms with Gasteiger partial charge in [-0.05, 0) is 40.7 Å². The zero-order valence-electron chi connectivity index (χ0n) is 15.5. The Kier molecular flexibility index (Phi) is 6.88. The Morgan fingerprint density at radius 2 is 2.00 bits per heavy atom.